The first kappa shape index (κ1) is 12.6. The Hall–Kier alpha value is -1.84. The van der Waals surface area contributed by atoms with E-state index in [0.29, 0.717) is 0 Å². The third kappa shape index (κ3) is 2.88. The van der Waals surface area contributed by atoms with Crippen molar-refractivity contribution < 1.29 is 9.53 Å². The number of nitrogens with zero attached hydrogens (tertiary/aromatic N) is 1. The van der Waals surface area contributed by atoms with Gasteiger partial charge in [-0.3, -0.25) is 4.79 Å². The fourth-order valence-corrected chi connectivity index (χ4v) is 1.84. The zero-order valence-electron chi connectivity index (χ0n) is 11.2. The maximum Gasteiger partial charge on any atom is 0.312 e. The van der Waals surface area contributed by atoms with E-state index in [1.54, 1.807) is 6.20 Å². The lowest BCUT2D eigenvalue weighted by Gasteiger charge is -2.19. The van der Waals surface area contributed by atoms with Crippen molar-refractivity contribution in [1.29, 1.82) is 0 Å². The van der Waals surface area contributed by atoms with E-state index >= 15 is 0 Å². The molecule has 2 aromatic rings. The molecular weight excluding hydrogens is 228 g/mol. The van der Waals surface area contributed by atoms with Gasteiger partial charge in [-0.25, -0.2) is 4.98 Å². The van der Waals surface area contributed by atoms with E-state index in [1.807, 2.05) is 39.8 Å². The molecule has 0 radical (unpaired) electrons. The molecule has 0 atom stereocenters. The first-order chi connectivity index (χ1) is 8.35. The number of carbonyl (C=O) groups excluding carboxylic acids is 1. The molecule has 18 heavy (non-hydrogen) atoms. The Morgan fingerprint density at radius 2 is 2.17 bits per heavy atom. The molecule has 0 aromatic carbocycles. The van der Waals surface area contributed by atoms with Crippen LogP contribution in [0.25, 0.3) is 11.0 Å². The van der Waals surface area contributed by atoms with Gasteiger partial charge in [0.1, 0.15) is 11.2 Å². The van der Waals surface area contributed by atoms with Crippen molar-refractivity contribution in [3.05, 3.63) is 29.6 Å². The highest BCUT2D eigenvalue weighted by molar-refractivity contribution is 5.82. The van der Waals surface area contributed by atoms with Gasteiger partial charge in [-0.05, 0) is 45.4 Å². The molecule has 4 nitrogen and oxygen atoms in total. The lowest BCUT2D eigenvalue weighted by atomic mass is 10.2. The number of ether oxygens (including phenoxy) is 1. The molecule has 0 saturated heterocycles. The van der Waals surface area contributed by atoms with Gasteiger partial charge in [0.25, 0.3) is 0 Å². The molecular formula is C14H18N2O2. The van der Waals surface area contributed by atoms with Gasteiger partial charge in [-0.2, -0.15) is 0 Å². The normalized spacial score (nSPS) is 11.8. The van der Waals surface area contributed by atoms with Crippen LogP contribution in [0.1, 0.15) is 32.0 Å². The molecule has 0 aliphatic carbocycles. The number of carbonyl (C=O) groups is 1. The number of aryl methyl sites for hydroxylation is 1. The minimum Gasteiger partial charge on any atom is -0.460 e. The summed E-state index contributed by atoms with van der Waals surface area (Å²) >= 11 is 0. The number of aromatic amines is 1. The molecule has 96 valence electrons. The quantitative estimate of drug-likeness (QED) is 0.829. The van der Waals surface area contributed by atoms with Crippen LogP contribution in [0.2, 0.25) is 0 Å². The molecule has 0 aliphatic rings. The van der Waals surface area contributed by atoms with Crippen LogP contribution in [-0.2, 0) is 16.0 Å². The highest BCUT2D eigenvalue weighted by Gasteiger charge is 2.17. The summed E-state index contributed by atoms with van der Waals surface area (Å²) < 4.78 is 5.29. The molecule has 0 aliphatic heterocycles. The lowest BCUT2D eigenvalue weighted by Crippen LogP contribution is -2.24. The Kier molecular flexibility index (Phi) is 3.11. The van der Waals surface area contributed by atoms with Crippen LogP contribution in [0, 0.1) is 6.92 Å². The smallest absolute Gasteiger partial charge is 0.312 e. The number of H-pyrrole nitrogens is 1. The summed E-state index contributed by atoms with van der Waals surface area (Å²) in [5.74, 6) is -0.230. The maximum atomic E-state index is 11.7. The molecule has 4 heteroatoms. The van der Waals surface area contributed by atoms with Crippen molar-refractivity contribution in [2.24, 2.45) is 0 Å². The molecule has 2 heterocycles. The summed E-state index contributed by atoms with van der Waals surface area (Å²) in [4.78, 5) is 19.1. The van der Waals surface area contributed by atoms with E-state index in [9.17, 15) is 4.79 Å². The summed E-state index contributed by atoms with van der Waals surface area (Å²) in [7, 11) is 0. The van der Waals surface area contributed by atoms with Gasteiger partial charge in [0, 0.05) is 17.3 Å². The van der Waals surface area contributed by atoms with Crippen molar-refractivity contribution >= 4 is 17.0 Å². The standard InChI is InChI=1S/C14H18N2O2/c1-9-5-6-15-13-11(9)7-10(16-13)8-12(17)18-14(2,3)4/h5-7H,8H2,1-4H3,(H,15,16). The second kappa shape index (κ2) is 4.44. The lowest BCUT2D eigenvalue weighted by molar-refractivity contribution is -0.153. The zero-order chi connectivity index (χ0) is 13.3. The molecule has 0 amide bonds. The highest BCUT2D eigenvalue weighted by Crippen LogP contribution is 2.18. The van der Waals surface area contributed by atoms with Crippen LogP contribution in [0.3, 0.4) is 0 Å². The van der Waals surface area contributed by atoms with Crippen molar-refractivity contribution in [3.63, 3.8) is 0 Å². The number of esters is 1. The Balaban J connectivity index is 2.18. The summed E-state index contributed by atoms with van der Waals surface area (Å²) in [5, 5.41) is 1.05. The molecule has 1 N–H and O–H groups in total. The second-order valence-corrected chi connectivity index (χ2v) is 5.45. The molecule has 0 unspecified atom stereocenters. The third-order valence-corrected chi connectivity index (χ3v) is 2.56. The largest absolute Gasteiger partial charge is 0.460 e. The van der Waals surface area contributed by atoms with Crippen LogP contribution in [-0.4, -0.2) is 21.5 Å². The Morgan fingerprint density at radius 1 is 1.44 bits per heavy atom. The molecule has 0 spiro atoms. The number of hydrogen-bond donors (Lipinski definition) is 1. The first-order valence-electron chi connectivity index (χ1n) is 6.00. The van der Waals surface area contributed by atoms with Crippen LogP contribution in [0.15, 0.2) is 18.3 Å². The first-order valence-corrected chi connectivity index (χ1v) is 6.00. The van der Waals surface area contributed by atoms with E-state index in [0.717, 1.165) is 22.3 Å². The van der Waals surface area contributed by atoms with Gasteiger partial charge in [-0.1, -0.05) is 0 Å². The Bertz CT molecular complexity index is 579. The molecule has 0 bridgehead atoms. The van der Waals surface area contributed by atoms with Crippen LogP contribution >= 0.6 is 0 Å². The van der Waals surface area contributed by atoms with Crippen molar-refractivity contribution in [1.82, 2.24) is 9.97 Å². The topological polar surface area (TPSA) is 55.0 Å². The van der Waals surface area contributed by atoms with Gasteiger partial charge in [0.05, 0.1) is 6.42 Å². The monoisotopic (exact) mass is 246 g/mol. The number of rotatable bonds is 2. The van der Waals surface area contributed by atoms with Crippen molar-refractivity contribution in [3.8, 4) is 0 Å². The predicted molar refractivity (Wildman–Crippen MR) is 70.4 cm³/mol. The number of pyridine rings is 1. The van der Waals surface area contributed by atoms with Gasteiger partial charge in [-0.15, -0.1) is 0 Å². The minimum absolute atomic E-state index is 0.230. The van der Waals surface area contributed by atoms with E-state index in [-0.39, 0.29) is 12.4 Å². The Labute approximate surface area is 106 Å². The highest BCUT2D eigenvalue weighted by atomic mass is 16.6. The predicted octanol–water partition coefficient (Wildman–Crippen LogP) is 2.76. The minimum atomic E-state index is -0.447. The van der Waals surface area contributed by atoms with Gasteiger partial charge in [0.2, 0.25) is 0 Å². The molecule has 0 fully saturated rings. The maximum absolute atomic E-state index is 11.7. The third-order valence-electron chi connectivity index (χ3n) is 2.56. The number of fused-ring (bicyclic) bond motifs is 1. The van der Waals surface area contributed by atoms with Crippen LogP contribution in [0.4, 0.5) is 0 Å². The molecule has 0 saturated carbocycles. The summed E-state index contributed by atoms with van der Waals surface area (Å²) in [6.07, 6.45) is 2.00. The van der Waals surface area contributed by atoms with E-state index in [4.69, 9.17) is 4.74 Å². The van der Waals surface area contributed by atoms with Gasteiger partial charge < -0.3 is 9.72 Å². The van der Waals surface area contributed by atoms with Crippen molar-refractivity contribution in [2.75, 3.05) is 0 Å². The van der Waals surface area contributed by atoms with E-state index in [1.165, 1.54) is 0 Å². The van der Waals surface area contributed by atoms with E-state index < -0.39 is 5.60 Å². The number of aromatic nitrogens is 2. The number of nitrogens with one attached hydrogen (secondary N) is 1. The van der Waals surface area contributed by atoms with Crippen LogP contribution < -0.4 is 0 Å². The number of hydrogen-bond acceptors (Lipinski definition) is 3. The SMILES string of the molecule is Cc1ccnc2[nH]c(CC(=O)OC(C)(C)C)cc12. The average Bonchev–Trinajstić information content (AvgIpc) is 2.58. The summed E-state index contributed by atoms with van der Waals surface area (Å²) in [6, 6.07) is 3.91. The zero-order valence-corrected chi connectivity index (χ0v) is 11.2. The average molecular weight is 246 g/mol. The van der Waals surface area contributed by atoms with Gasteiger partial charge >= 0.3 is 5.97 Å². The fraction of sp³-hybridized carbons (Fsp3) is 0.429. The Morgan fingerprint density at radius 3 is 2.78 bits per heavy atom. The molecule has 2 rings (SSSR count). The summed E-state index contributed by atoms with van der Waals surface area (Å²) in [5.41, 5.74) is 2.35. The molecule has 2 aromatic heterocycles. The van der Waals surface area contributed by atoms with E-state index in [2.05, 4.69) is 9.97 Å². The van der Waals surface area contributed by atoms with Crippen LogP contribution in [0.5, 0.6) is 0 Å². The van der Waals surface area contributed by atoms with Crippen molar-refractivity contribution in [2.45, 2.75) is 39.7 Å². The summed E-state index contributed by atoms with van der Waals surface area (Å²) in [6.45, 7) is 7.61. The van der Waals surface area contributed by atoms with Gasteiger partial charge in [0.15, 0.2) is 0 Å². The fourth-order valence-electron chi connectivity index (χ4n) is 1.84. The second-order valence-electron chi connectivity index (χ2n) is 5.45.